The van der Waals surface area contributed by atoms with Gasteiger partial charge in [0.15, 0.2) is 0 Å². The zero-order chi connectivity index (χ0) is 19.8. The number of rotatable bonds is 5. The summed E-state index contributed by atoms with van der Waals surface area (Å²) >= 11 is 2.88. The number of alkyl halides is 3. The molecule has 0 aliphatic rings. The first-order valence-electron chi connectivity index (χ1n) is 6.77. The fourth-order valence-corrected chi connectivity index (χ4v) is 4.36. The quantitative estimate of drug-likeness (QED) is 0.696. The van der Waals surface area contributed by atoms with Crippen LogP contribution < -0.4 is 9.86 Å². The smallest absolute Gasteiger partial charge is 0.280 e. The van der Waals surface area contributed by atoms with Crippen molar-refractivity contribution < 1.29 is 30.0 Å². The lowest BCUT2D eigenvalue weighted by atomic mass is 10.2. The molecule has 12 heteroatoms. The van der Waals surface area contributed by atoms with E-state index in [0.29, 0.717) is 11.6 Å². The molecule has 0 aromatic heterocycles. The third kappa shape index (κ3) is 5.43. The number of halogens is 4. The molecule has 2 rings (SSSR count). The maximum Gasteiger partial charge on any atom is 0.417 e. The Morgan fingerprint density at radius 2 is 1.58 bits per heavy atom. The number of anilines is 1. The molecule has 0 unspecified atom stereocenters. The van der Waals surface area contributed by atoms with Crippen LogP contribution in [-0.4, -0.2) is 16.8 Å². The van der Waals surface area contributed by atoms with E-state index in [9.17, 15) is 30.0 Å². The number of hydrogen-bond donors (Lipinski definition) is 2. The molecule has 0 saturated carbocycles. The van der Waals surface area contributed by atoms with Gasteiger partial charge in [0.05, 0.1) is 16.2 Å². The molecule has 3 N–H and O–H groups in total. The maximum absolute atomic E-state index is 13.1. The standard InChI is InChI=1S/C14H12BrF3N2O4S2/c15-10-3-6-13(12(7-10)14(16,17)18)26(23,24)20-11-4-1-9(2-5-11)8-25(19,21)22/h1-7,20H,8H2,(H2,19,21,22). The zero-order valence-electron chi connectivity index (χ0n) is 12.8. The van der Waals surface area contributed by atoms with E-state index in [4.69, 9.17) is 5.14 Å². The average Bonchev–Trinajstić information content (AvgIpc) is 2.46. The highest BCUT2D eigenvalue weighted by Crippen LogP contribution is 2.36. The normalized spacial score (nSPS) is 12.8. The van der Waals surface area contributed by atoms with Crippen molar-refractivity contribution in [1.29, 1.82) is 0 Å². The summed E-state index contributed by atoms with van der Waals surface area (Å²) in [5.74, 6) is -0.453. The zero-order valence-corrected chi connectivity index (χ0v) is 16.0. The van der Waals surface area contributed by atoms with Crippen LogP contribution in [0.5, 0.6) is 0 Å². The fraction of sp³-hybridized carbons (Fsp3) is 0.143. The van der Waals surface area contributed by atoms with Crippen molar-refractivity contribution in [2.75, 3.05) is 4.72 Å². The van der Waals surface area contributed by atoms with Crippen LogP contribution in [0.3, 0.4) is 0 Å². The predicted molar refractivity (Wildman–Crippen MR) is 93.2 cm³/mol. The summed E-state index contributed by atoms with van der Waals surface area (Å²) in [5, 5.41) is 4.90. The van der Waals surface area contributed by atoms with Gasteiger partial charge in [-0.1, -0.05) is 28.1 Å². The highest BCUT2D eigenvalue weighted by atomic mass is 79.9. The molecule has 0 atom stereocenters. The minimum absolute atomic E-state index is 0.0285. The molecule has 0 aliphatic heterocycles. The lowest BCUT2D eigenvalue weighted by molar-refractivity contribution is -0.139. The van der Waals surface area contributed by atoms with Crippen molar-refractivity contribution in [3.05, 3.63) is 58.1 Å². The Bertz CT molecular complexity index is 1020. The monoisotopic (exact) mass is 472 g/mol. The van der Waals surface area contributed by atoms with Crippen molar-refractivity contribution in [2.24, 2.45) is 5.14 Å². The summed E-state index contributed by atoms with van der Waals surface area (Å²) in [6.07, 6.45) is -4.87. The van der Waals surface area contributed by atoms with E-state index in [0.717, 1.165) is 6.07 Å². The topological polar surface area (TPSA) is 106 Å². The Labute approximate surface area is 156 Å². The highest BCUT2D eigenvalue weighted by Gasteiger charge is 2.37. The Morgan fingerprint density at radius 1 is 1.00 bits per heavy atom. The second-order valence-electron chi connectivity index (χ2n) is 5.25. The number of sulfonamides is 2. The Kier molecular flexibility index (Phi) is 5.71. The molecule has 26 heavy (non-hydrogen) atoms. The Morgan fingerprint density at radius 3 is 2.08 bits per heavy atom. The highest BCUT2D eigenvalue weighted by molar-refractivity contribution is 9.10. The third-order valence-electron chi connectivity index (χ3n) is 3.11. The van der Waals surface area contributed by atoms with E-state index in [-0.39, 0.29) is 10.2 Å². The van der Waals surface area contributed by atoms with Crippen molar-refractivity contribution in [1.82, 2.24) is 0 Å². The van der Waals surface area contributed by atoms with E-state index in [1.54, 1.807) is 0 Å². The Hall–Kier alpha value is -1.63. The second kappa shape index (κ2) is 7.18. The molecular weight excluding hydrogens is 461 g/mol. The molecular formula is C14H12BrF3N2O4S2. The van der Waals surface area contributed by atoms with Crippen molar-refractivity contribution >= 4 is 41.7 Å². The molecule has 142 valence electrons. The molecule has 0 aliphatic carbocycles. The molecule has 0 bridgehead atoms. The SMILES string of the molecule is NS(=O)(=O)Cc1ccc(NS(=O)(=O)c2ccc(Br)cc2C(F)(F)F)cc1. The first kappa shape index (κ1) is 20.7. The van der Waals surface area contributed by atoms with Gasteiger partial charge >= 0.3 is 6.18 Å². The van der Waals surface area contributed by atoms with Gasteiger partial charge in [-0.2, -0.15) is 13.2 Å². The molecule has 0 heterocycles. The molecule has 0 fully saturated rings. The van der Waals surface area contributed by atoms with Crippen LogP contribution >= 0.6 is 15.9 Å². The van der Waals surface area contributed by atoms with Gasteiger partial charge in [0.2, 0.25) is 10.0 Å². The van der Waals surface area contributed by atoms with Crippen molar-refractivity contribution in [3.8, 4) is 0 Å². The van der Waals surface area contributed by atoms with E-state index in [1.807, 2.05) is 4.72 Å². The lowest BCUT2D eigenvalue weighted by Crippen LogP contribution is -2.19. The van der Waals surface area contributed by atoms with Crippen LogP contribution in [0.4, 0.5) is 18.9 Å². The van der Waals surface area contributed by atoms with E-state index < -0.39 is 42.4 Å². The van der Waals surface area contributed by atoms with Crippen LogP contribution in [0.25, 0.3) is 0 Å². The van der Waals surface area contributed by atoms with Crippen molar-refractivity contribution in [2.45, 2.75) is 16.8 Å². The number of benzene rings is 2. The summed E-state index contributed by atoms with van der Waals surface area (Å²) in [7, 11) is -8.29. The number of nitrogens with one attached hydrogen (secondary N) is 1. The van der Waals surface area contributed by atoms with Gasteiger partial charge in [0, 0.05) is 10.2 Å². The predicted octanol–water partition coefficient (Wildman–Crippen LogP) is 3.06. The molecule has 2 aromatic rings. The van der Waals surface area contributed by atoms with Gasteiger partial charge in [-0.25, -0.2) is 22.0 Å². The van der Waals surface area contributed by atoms with Gasteiger partial charge in [-0.3, -0.25) is 4.72 Å². The summed E-state index contributed by atoms with van der Waals surface area (Å²) in [4.78, 5) is -0.929. The number of hydrogen-bond acceptors (Lipinski definition) is 4. The number of primary sulfonamides is 1. The van der Waals surface area contributed by atoms with Crippen LogP contribution in [0.15, 0.2) is 51.8 Å². The molecule has 0 saturated heterocycles. The average molecular weight is 473 g/mol. The van der Waals surface area contributed by atoms with E-state index >= 15 is 0 Å². The van der Waals surface area contributed by atoms with Crippen LogP contribution in [-0.2, 0) is 32.0 Å². The van der Waals surface area contributed by atoms with Crippen LogP contribution in [0.2, 0.25) is 0 Å². The summed E-state index contributed by atoms with van der Waals surface area (Å²) in [5.41, 5.74) is -1.04. The molecule has 6 nitrogen and oxygen atoms in total. The number of nitrogens with two attached hydrogens (primary N) is 1. The van der Waals surface area contributed by atoms with Gasteiger partial charge in [-0.05, 0) is 35.9 Å². The van der Waals surface area contributed by atoms with Gasteiger partial charge in [0.1, 0.15) is 0 Å². The molecule has 0 amide bonds. The van der Waals surface area contributed by atoms with Crippen LogP contribution in [0.1, 0.15) is 11.1 Å². The largest absolute Gasteiger partial charge is 0.417 e. The van der Waals surface area contributed by atoms with Gasteiger partial charge in [0.25, 0.3) is 10.0 Å². The first-order chi connectivity index (χ1) is 11.8. The van der Waals surface area contributed by atoms with E-state index in [2.05, 4.69) is 15.9 Å². The fourth-order valence-electron chi connectivity index (χ4n) is 2.07. The Balaban J connectivity index is 2.35. The van der Waals surface area contributed by atoms with Gasteiger partial charge in [-0.15, -0.1) is 0 Å². The maximum atomic E-state index is 13.1. The lowest BCUT2D eigenvalue weighted by Gasteiger charge is -2.15. The van der Waals surface area contributed by atoms with Gasteiger partial charge < -0.3 is 0 Å². The molecule has 2 aromatic carbocycles. The minimum Gasteiger partial charge on any atom is -0.280 e. The summed E-state index contributed by atoms with van der Waals surface area (Å²) < 4.78 is 88.2. The van der Waals surface area contributed by atoms with E-state index in [1.165, 1.54) is 30.3 Å². The molecule has 0 radical (unpaired) electrons. The first-order valence-corrected chi connectivity index (χ1v) is 10.8. The van der Waals surface area contributed by atoms with Crippen molar-refractivity contribution in [3.63, 3.8) is 0 Å². The second-order valence-corrected chi connectivity index (χ2v) is 9.43. The van der Waals surface area contributed by atoms with Crippen LogP contribution in [0, 0.1) is 0 Å². The minimum atomic E-state index is -4.87. The molecule has 0 spiro atoms. The summed E-state index contributed by atoms with van der Waals surface area (Å²) in [6, 6.07) is 7.74. The third-order valence-corrected chi connectivity index (χ3v) is 5.78. The summed E-state index contributed by atoms with van der Waals surface area (Å²) in [6.45, 7) is 0.